The number of hydrogen-bond donors (Lipinski definition) is 2. The largest absolute Gasteiger partial charge is 0.481 e. The monoisotopic (exact) mass is 726 g/mol. The van der Waals surface area contributed by atoms with Crippen LogP contribution in [-0.4, -0.2) is 32.8 Å². The molecule has 0 atom stereocenters. The molecule has 0 aliphatic rings. The van der Waals surface area contributed by atoms with Crippen molar-refractivity contribution in [1.29, 1.82) is 0 Å². The Morgan fingerprint density at radius 2 is 0.907 bits per heavy atom. The van der Waals surface area contributed by atoms with E-state index in [1.807, 2.05) is 60.7 Å². The van der Waals surface area contributed by atoms with Crippen molar-refractivity contribution in [3.8, 4) is 0 Å². The Labute approximate surface area is 278 Å². The molecule has 244 valence electrons. The number of aliphatic hydroxyl groups is 1. The van der Waals surface area contributed by atoms with E-state index in [4.69, 9.17) is 14.9 Å². The third-order valence-corrected chi connectivity index (χ3v) is 7.93. The van der Waals surface area contributed by atoms with Crippen LogP contribution in [-0.2, 0) is 27.5 Å². The van der Waals surface area contributed by atoms with Crippen LogP contribution in [0.4, 0.5) is 0 Å². The number of carbonyl (C=O) groups is 2. The maximum atomic E-state index is 11.6. The Bertz CT molecular complexity index is 864. The molecule has 0 aromatic heterocycles. The van der Waals surface area contributed by atoms with Gasteiger partial charge in [0.25, 0.3) is 0 Å². The molecule has 0 amide bonds. The van der Waals surface area contributed by atoms with Gasteiger partial charge in [0.1, 0.15) is 6.61 Å². The lowest BCUT2D eigenvalue weighted by Gasteiger charge is -2.05. The molecule has 5 nitrogen and oxygen atoms in total. The Balaban J connectivity index is 0.000000685. The summed E-state index contributed by atoms with van der Waals surface area (Å²) in [6.45, 7) is 0.536. The van der Waals surface area contributed by atoms with Gasteiger partial charge < -0.3 is 14.9 Å². The highest BCUT2D eigenvalue weighted by Gasteiger charge is 2.03. The van der Waals surface area contributed by atoms with E-state index >= 15 is 0 Å². The third kappa shape index (κ3) is 31.5. The molecule has 0 aliphatic heterocycles. The van der Waals surface area contributed by atoms with E-state index in [0.29, 0.717) is 19.4 Å². The molecule has 0 fully saturated rings. The fourth-order valence-corrected chi connectivity index (χ4v) is 5.04. The Morgan fingerprint density at radius 3 is 1.28 bits per heavy atom. The second-order valence-corrected chi connectivity index (χ2v) is 12.3. The highest BCUT2D eigenvalue weighted by Crippen LogP contribution is 2.12. The van der Waals surface area contributed by atoms with Crippen LogP contribution in [0.5, 0.6) is 0 Å². The molecule has 0 heterocycles. The predicted octanol–water partition coefficient (Wildman–Crippen LogP) is 10.8. The summed E-state index contributed by atoms with van der Waals surface area (Å²) in [5.41, 5.74) is 2.02. The number of unbranched alkanes of at least 4 members (excludes halogenated alkanes) is 14. The molecule has 2 aromatic rings. The minimum atomic E-state index is -0.665. The van der Waals surface area contributed by atoms with Crippen LogP contribution in [0.2, 0.25) is 0 Å². The second kappa shape index (κ2) is 33.2. The van der Waals surface area contributed by atoms with Gasteiger partial charge in [0.2, 0.25) is 0 Å². The number of esters is 1. The van der Waals surface area contributed by atoms with Crippen molar-refractivity contribution < 1.29 is 24.5 Å². The number of rotatable bonds is 23. The van der Waals surface area contributed by atoms with Gasteiger partial charge in [-0.1, -0.05) is 170 Å². The zero-order valence-electron chi connectivity index (χ0n) is 26.2. The molecular formula is C36H56Br2O5. The van der Waals surface area contributed by atoms with Gasteiger partial charge in [-0.05, 0) is 36.8 Å². The Morgan fingerprint density at radius 1 is 0.535 bits per heavy atom. The molecular weight excluding hydrogens is 672 g/mol. The lowest BCUT2D eigenvalue weighted by molar-refractivity contribution is -0.145. The van der Waals surface area contributed by atoms with E-state index in [-0.39, 0.29) is 12.6 Å². The first-order valence-electron chi connectivity index (χ1n) is 16.2. The number of alkyl halides is 2. The van der Waals surface area contributed by atoms with Gasteiger partial charge >= 0.3 is 11.9 Å². The quantitative estimate of drug-likeness (QED) is 0.0676. The number of carboxylic acid groups (broad SMARTS) is 1. The van der Waals surface area contributed by atoms with Gasteiger partial charge in [-0.25, -0.2) is 0 Å². The molecule has 0 saturated heterocycles. The van der Waals surface area contributed by atoms with Crippen molar-refractivity contribution in [3.63, 3.8) is 0 Å². The van der Waals surface area contributed by atoms with Gasteiger partial charge in [0, 0.05) is 23.5 Å². The number of aliphatic hydroxyl groups excluding tert-OH is 1. The van der Waals surface area contributed by atoms with Gasteiger partial charge in [-0.3, -0.25) is 9.59 Å². The summed E-state index contributed by atoms with van der Waals surface area (Å²) in [6.07, 6.45) is 20.4. The van der Waals surface area contributed by atoms with Crippen LogP contribution in [0.25, 0.3) is 0 Å². The number of hydrogen-bond acceptors (Lipinski definition) is 4. The molecule has 0 aliphatic carbocycles. The normalized spacial score (nSPS) is 10.2. The summed E-state index contributed by atoms with van der Waals surface area (Å²) in [7, 11) is 0. The third-order valence-electron chi connectivity index (χ3n) is 6.81. The van der Waals surface area contributed by atoms with Crippen LogP contribution >= 0.6 is 31.9 Å². The predicted molar refractivity (Wildman–Crippen MR) is 187 cm³/mol. The molecule has 0 bridgehead atoms. The smallest absolute Gasteiger partial charge is 0.306 e. The number of benzene rings is 2. The highest BCUT2D eigenvalue weighted by atomic mass is 79.9. The second-order valence-electron chi connectivity index (χ2n) is 10.7. The first-order chi connectivity index (χ1) is 21.0. The van der Waals surface area contributed by atoms with Gasteiger partial charge in [-0.15, -0.1) is 0 Å². The number of halogens is 2. The number of carboxylic acids is 1. The maximum absolute atomic E-state index is 11.6. The minimum Gasteiger partial charge on any atom is -0.481 e. The topological polar surface area (TPSA) is 83.8 Å². The molecule has 43 heavy (non-hydrogen) atoms. The first kappa shape index (κ1) is 41.3. The van der Waals surface area contributed by atoms with E-state index < -0.39 is 5.97 Å². The fraction of sp³-hybridized carbons (Fsp3) is 0.611. The number of aliphatic carboxylic acids is 1. The number of ether oxygens (including phenoxy) is 1. The summed E-state index contributed by atoms with van der Waals surface area (Å²) in [4.78, 5) is 21.8. The molecule has 2 rings (SSSR count). The lowest BCUT2D eigenvalue weighted by atomic mass is 10.1. The van der Waals surface area contributed by atoms with Crippen molar-refractivity contribution in [2.75, 3.05) is 10.7 Å². The summed E-state index contributed by atoms with van der Waals surface area (Å²) in [6, 6.07) is 19.4. The molecule has 0 unspecified atom stereocenters. The molecule has 2 aromatic carbocycles. The average Bonchev–Trinajstić information content (AvgIpc) is 3.03. The summed E-state index contributed by atoms with van der Waals surface area (Å²) >= 11 is 6.86. The van der Waals surface area contributed by atoms with Crippen molar-refractivity contribution in [3.05, 3.63) is 71.8 Å². The maximum Gasteiger partial charge on any atom is 0.306 e. The highest BCUT2D eigenvalue weighted by molar-refractivity contribution is 9.09. The average molecular weight is 729 g/mol. The van der Waals surface area contributed by atoms with Crippen LogP contribution in [0.3, 0.4) is 0 Å². The number of carbonyl (C=O) groups excluding carboxylic acids is 1. The van der Waals surface area contributed by atoms with Crippen LogP contribution in [0, 0.1) is 0 Å². The Kier molecular flexibility index (Phi) is 31.9. The van der Waals surface area contributed by atoms with E-state index in [0.717, 1.165) is 47.5 Å². The van der Waals surface area contributed by atoms with Gasteiger partial charge in [0.15, 0.2) is 0 Å². The van der Waals surface area contributed by atoms with Crippen molar-refractivity contribution in [2.24, 2.45) is 0 Å². The van der Waals surface area contributed by atoms with Crippen LogP contribution < -0.4 is 0 Å². The van der Waals surface area contributed by atoms with Crippen molar-refractivity contribution in [1.82, 2.24) is 0 Å². The van der Waals surface area contributed by atoms with E-state index in [1.54, 1.807) is 0 Å². The lowest BCUT2D eigenvalue weighted by Crippen LogP contribution is -2.04. The summed E-state index contributed by atoms with van der Waals surface area (Å²) in [5, 5.41) is 19.2. The van der Waals surface area contributed by atoms with Gasteiger partial charge in [-0.2, -0.15) is 0 Å². The summed E-state index contributed by atoms with van der Waals surface area (Å²) in [5.74, 6) is -0.738. The fourth-order valence-electron chi connectivity index (χ4n) is 4.25. The standard InChI is InChI=1S/C18H27BrO2.C11H21BrO2.C7H8O/c19-15-11-6-4-2-1-3-5-10-14-18(20)21-16-17-12-8-7-9-13-17;12-10-8-6-4-2-1-3-5-7-9-11(13)14;8-6-7-4-2-1-3-5-7/h7-9,12-13H,1-6,10-11,14-16H2;1-10H2,(H,13,14);1-5,8H,6H2. The molecule has 0 radical (unpaired) electrons. The van der Waals surface area contributed by atoms with Gasteiger partial charge in [0.05, 0.1) is 6.61 Å². The molecule has 7 heteroatoms. The minimum absolute atomic E-state index is 0.0730. The Hall–Kier alpha value is -1.70. The molecule has 0 saturated carbocycles. The van der Waals surface area contributed by atoms with Crippen LogP contribution in [0.1, 0.15) is 127 Å². The van der Waals surface area contributed by atoms with Crippen molar-refractivity contribution >= 4 is 43.8 Å². The van der Waals surface area contributed by atoms with E-state index in [2.05, 4.69) is 31.9 Å². The molecule has 2 N–H and O–H groups in total. The first-order valence-corrected chi connectivity index (χ1v) is 18.5. The van der Waals surface area contributed by atoms with Crippen molar-refractivity contribution in [2.45, 2.75) is 129 Å². The summed E-state index contributed by atoms with van der Waals surface area (Å²) < 4.78 is 5.26. The van der Waals surface area contributed by atoms with E-state index in [9.17, 15) is 9.59 Å². The zero-order valence-corrected chi connectivity index (χ0v) is 29.4. The zero-order chi connectivity index (χ0) is 31.6. The SMILES string of the molecule is O=C(CCCCCCCCCCBr)OCc1ccccc1.O=C(O)CCCCCCCCCCBr.OCc1ccccc1. The van der Waals surface area contributed by atoms with E-state index in [1.165, 1.54) is 77.0 Å². The molecule has 0 spiro atoms. The van der Waals surface area contributed by atoms with Crippen LogP contribution in [0.15, 0.2) is 60.7 Å².